The van der Waals surface area contributed by atoms with Crippen molar-refractivity contribution in [3.63, 3.8) is 0 Å². The maximum Gasteiger partial charge on any atom is 0.310 e. The van der Waals surface area contributed by atoms with E-state index in [-0.39, 0.29) is 22.9 Å². The van der Waals surface area contributed by atoms with Gasteiger partial charge in [-0.25, -0.2) is 18.7 Å². The third-order valence-electron chi connectivity index (χ3n) is 5.57. The fraction of sp³-hybridized carbons (Fsp3) is 0.154. The van der Waals surface area contributed by atoms with Gasteiger partial charge in [0.2, 0.25) is 5.95 Å². The third kappa shape index (κ3) is 9.12. The van der Waals surface area contributed by atoms with Gasteiger partial charge in [-0.2, -0.15) is 33.5 Å². The summed E-state index contributed by atoms with van der Waals surface area (Å²) >= 11 is 0. The SMILES string of the molecule is CN(C)S(=O)(=O)n1c(N)nc2ccc(-c3nc(-c4c(F)cccc4F)[nH]c3-c3ccccc3)cc21.CS(=O)(=O)O.CS(=O)(=O)O. The monoisotopic (exact) mass is 686 g/mol. The van der Waals surface area contributed by atoms with Gasteiger partial charge in [0.25, 0.3) is 20.2 Å². The quantitative estimate of drug-likeness (QED) is 0.197. The van der Waals surface area contributed by atoms with Gasteiger partial charge in [0.05, 0.1) is 40.5 Å². The van der Waals surface area contributed by atoms with Gasteiger partial charge in [-0.05, 0) is 24.3 Å². The Bertz CT molecular complexity index is 2100. The Kier molecular flexibility index (Phi) is 10.5. The van der Waals surface area contributed by atoms with Crippen molar-refractivity contribution < 1.29 is 43.1 Å². The van der Waals surface area contributed by atoms with Crippen LogP contribution in [0.15, 0.2) is 66.7 Å². The smallest absolute Gasteiger partial charge is 0.310 e. The van der Waals surface area contributed by atoms with Crippen LogP contribution in [-0.2, 0) is 30.4 Å². The van der Waals surface area contributed by atoms with Gasteiger partial charge in [-0.3, -0.25) is 9.11 Å². The molecular formula is C26H28F2N6O8S3. The van der Waals surface area contributed by atoms with E-state index < -0.39 is 42.1 Å². The van der Waals surface area contributed by atoms with Crippen molar-refractivity contribution in [2.45, 2.75) is 0 Å². The second kappa shape index (κ2) is 13.4. The molecule has 0 spiro atoms. The third-order valence-corrected chi connectivity index (χ3v) is 7.34. The Morgan fingerprint density at radius 2 is 1.33 bits per heavy atom. The Labute approximate surface area is 257 Å². The molecule has 0 atom stereocenters. The van der Waals surface area contributed by atoms with Crippen LogP contribution in [0.5, 0.6) is 0 Å². The number of halogens is 2. The molecule has 0 aliphatic heterocycles. The lowest BCUT2D eigenvalue weighted by Gasteiger charge is -2.14. The van der Waals surface area contributed by atoms with Crippen LogP contribution in [0.4, 0.5) is 14.7 Å². The summed E-state index contributed by atoms with van der Waals surface area (Å²) in [6, 6.07) is 17.6. The van der Waals surface area contributed by atoms with Crippen LogP contribution in [0.3, 0.4) is 0 Å². The molecule has 0 fully saturated rings. The molecule has 5 rings (SSSR count). The second-order valence-corrected chi connectivity index (χ2v) is 14.4. The van der Waals surface area contributed by atoms with Crippen molar-refractivity contribution in [3.8, 4) is 33.9 Å². The number of nitrogens with two attached hydrogens (primary N) is 1. The zero-order chi connectivity index (χ0) is 33.9. The fourth-order valence-corrected chi connectivity index (χ4v) is 4.86. The average Bonchev–Trinajstić information content (AvgIpc) is 3.47. The highest BCUT2D eigenvalue weighted by Crippen LogP contribution is 2.36. The summed E-state index contributed by atoms with van der Waals surface area (Å²) in [6.07, 6.45) is 1.43. The van der Waals surface area contributed by atoms with Gasteiger partial charge in [-0.15, -0.1) is 0 Å². The number of nitrogen functional groups attached to an aromatic ring is 1. The Balaban J connectivity index is 0.000000482. The molecule has 19 heteroatoms. The fourth-order valence-electron chi connectivity index (χ4n) is 3.86. The van der Waals surface area contributed by atoms with Crippen LogP contribution in [0, 0.1) is 11.6 Å². The van der Waals surface area contributed by atoms with Gasteiger partial charge in [0, 0.05) is 25.2 Å². The van der Waals surface area contributed by atoms with Crippen molar-refractivity contribution in [3.05, 3.63) is 78.4 Å². The normalized spacial score (nSPS) is 11.9. The molecule has 0 saturated heterocycles. The van der Waals surface area contributed by atoms with E-state index in [2.05, 4.69) is 15.0 Å². The van der Waals surface area contributed by atoms with Crippen LogP contribution in [-0.4, -0.2) is 84.2 Å². The standard InChI is InChI=1S/C24H20F2N6O2S.2CH4O3S/c1-31(2)35(33,34)32-19-13-15(11-12-18(19)28-24(32)27)22-21(14-7-4-3-5-8-14)29-23(30-22)20-16(25)9-6-10-17(20)26;2*1-5(2,3)4/h3-13H,1-2H3,(H2,27,28)(H,29,30);2*1H3,(H,2,3,4). The van der Waals surface area contributed by atoms with Gasteiger partial charge in [0.15, 0.2) is 0 Å². The first-order valence-corrected chi connectivity index (χ1v) is 17.4. The van der Waals surface area contributed by atoms with Crippen molar-refractivity contribution in [2.24, 2.45) is 0 Å². The van der Waals surface area contributed by atoms with Crippen LogP contribution in [0.1, 0.15) is 0 Å². The largest absolute Gasteiger partial charge is 0.368 e. The molecule has 242 valence electrons. The van der Waals surface area contributed by atoms with E-state index in [0.717, 1.165) is 26.0 Å². The first-order chi connectivity index (χ1) is 20.7. The number of nitrogens with zero attached hydrogens (tertiary/aromatic N) is 4. The van der Waals surface area contributed by atoms with Crippen molar-refractivity contribution in [2.75, 3.05) is 32.3 Å². The first kappa shape index (κ1) is 35.2. The minimum atomic E-state index is -3.97. The minimum Gasteiger partial charge on any atom is -0.368 e. The summed E-state index contributed by atoms with van der Waals surface area (Å²) in [5.41, 5.74) is 8.39. The van der Waals surface area contributed by atoms with Gasteiger partial charge in [-0.1, -0.05) is 42.5 Å². The van der Waals surface area contributed by atoms with Crippen molar-refractivity contribution in [1.29, 1.82) is 0 Å². The summed E-state index contributed by atoms with van der Waals surface area (Å²) in [6.45, 7) is 0. The van der Waals surface area contributed by atoms with Crippen molar-refractivity contribution >= 4 is 47.4 Å². The van der Waals surface area contributed by atoms with Crippen LogP contribution in [0.2, 0.25) is 0 Å². The zero-order valence-corrected chi connectivity index (χ0v) is 26.5. The van der Waals surface area contributed by atoms with Crippen LogP contribution < -0.4 is 5.73 Å². The first-order valence-electron chi connectivity index (χ1n) is 12.3. The Morgan fingerprint density at radius 1 is 0.800 bits per heavy atom. The van der Waals surface area contributed by atoms with Gasteiger partial charge < -0.3 is 10.7 Å². The second-order valence-electron chi connectivity index (χ2n) is 9.47. The molecule has 2 heterocycles. The van der Waals surface area contributed by atoms with E-state index in [1.165, 1.54) is 20.2 Å². The molecular weight excluding hydrogens is 659 g/mol. The number of rotatable bonds is 5. The van der Waals surface area contributed by atoms with E-state index in [0.29, 0.717) is 35.0 Å². The summed E-state index contributed by atoms with van der Waals surface area (Å²) in [7, 11) is -8.52. The zero-order valence-electron chi connectivity index (χ0n) is 24.0. The predicted molar refractivity (Wildman–Crippen MR) is 165 cm³/mol. The number of imidazole rings is 2. The summed E-state index contributed by atoms with van der Waals surface area (Å²) in [5, 5.41) is 0. The number of hydrogen-bond donors (Lipinski definition) is 4. The topological polar surface area (TPSA) is 219 Å². The number of hydrogen-bond acceptors (Lipinski definition) is 9. The lowest BCUT2D eigenvalue weighted by molar-refractivity contribution is 0.488. The molecule has 0 amide bonds. The number of H-pyrrole nitrogens is 1. The number of anilines is 1. The molecule has 3 aromatic carbocycles. The van der Waals surface area contributed by atoms with Crippen LogP contribution in [0.25, 0.3) is 44.9 Å². The maximum absolute atomic E-state index is 14.6. The molecule has 0 radical (unpaired) electrons. The van der Waals surface area contributed by atoms with Gasteiger partial charge in [0.1, 0.15) is 17.5 Å². The minimum absolute atomic E-state index is 0.00323. The highest BCUT2D eigenvalue weighted by Gasteiger charge is 2.25. The molecule has 2 aromatic heterocycles. The molecule has 45 heavy (non-hydrogen) atoms. The summed E-state index contributed by atoms with van der Waals surface area (Å²) < 4.78 is 109. The predicted octanol–water partition coefficient (Wildman–Crippen LogP) is 3.28. The number of aromatic nitrogens is 4. The molecule has 0 saturated carbocycles. The number of fused-ring (bicyclic) bond motifs is 1. The molecule has 0 aliphatic rings. The van der Waals surface area contributed by atoms with E-state index in [4.69, 9.17) is 14.8 Å². The average molecular weight is 687 g/mol. The lowest BCUT2D eigenvalue weighted by atomic mass is 10.0. The highest BCUT2D eigenvalue weighted by molar-refractivity contribution is 7.87. The molecule has 0 unspecified atom stereocenters. The van der Waals surface area contributed by atoms with Crippen molar-refractivity contribution in [1.82, 2.24) is 23.2 Å². The van der Waals surface area contributed by atoms with Gasteiger partial charge >= 0.3 is 10.2 Å². The van der Waals surface area contributed by atoms with Crippen LogP contribution >= 0.6 is 0 Å². The molecule has 0 bridgehead atoms. The maximum atomic E-state index is 14.6. The highest BCUT2D eigenvalue weighted by atomic mass is 32.2. The number of nitrogens with one attached hydrogen (secondary N) is 1. The lowest BCUT2D eigenvalue weighted by Crippen LogP contribution is -2.29. The summed E-state index contributed by atoms with van der Waals surface area (Å²) in [5.74, 6) is -1.71. The van der Waals surface area contributed by atoms with E-state index in [9.17, 15) is 34.0 Å². The molecule has 14 nitrogen and oxygen atoms in total. The summed E-state index contributed by atoms with van der Waals surface area (Å²) in [4.78, 5) is 11.7. The molecule has 5 N–H and O–H groups in total. The molecule has 0 aliphatic carbocycles. The van der Waals surface area contributed by atoms with E-state index >= 15 is 0 Å². The van der Waals surface area contributed by atoms with E-state index in [1.54, 1.807) is 18.2 Å². The number of aromatic amines is 1. The van der Waals surface area contributed by atoms with E-state index in [1.807, 2.05) is 30.3 Å². The number of benzene rings is 3. The molecule has 5 aromatic rings. The Hall–Kier alpha value is -4.27. The Morgan fingerprint density at radius 3 is 1.84 bits per heavy atom.